The zero-order valence-electron chi connectivity index (χ0n) is 9.44. The first-order valence-corrected chi connectivity index (χ1v) is 5.89. The summed E-state index contributed by atoms with van der Waals surface area (Å²) >= 11 is 0. The van der Waals surface area contributed by atoms with E-state index >= 15 is 0 Å². The third-order valence-electron chi connectivity index (χ3n) is 3.19. The average molecular weight is 240 g/mol. The summed E-state index contributed by atoms with van der Waals surface area (Å²) in [6.45, 7) is 0. The number of hydrogen-bond acceptors (Lipinski definition) is 3. The van der Waals surface area contributed by atoms with Crippen LogP contribution in [-0.4, -0.2) is 35.0 Å². The number of carboxylic acid groups (broad SMARTS) is 1. The molecule has 2 rings (SSSR count). The summed E-state index contributed by atoms with van der Waals surface area (Å²) < 4.78 is 0. The van der Waals surface area contributed by atoms with Gasteiger partial charge < -0.3 is 15.7 Å². The second-order valence-electron chi connectivity index (χ2n) is 4.74. The van der Waals surface area contributed by atoms with Crippen molar-refractivity contribution in [3.05, 3.63) is 0 Å². The smallest absolute Gasteiger partial charge is 0.326 e. The fraction of sp³-hybridized carbons (Fsp3) is 0.727. The molecule has 2 fully saturated rings. The van der Waals surface area contributed by atoms with Gasteiger partial charge in [0.15, 0.2) is 0 Å². The number of hydrogen-bond donors (Lipinski definition) is 3. The van der Waals surface area contributed by atoms with Gasteiger partial charge >= 0.3 is 5.97 Å². The molecular weight excluding hydrogens is 224 g/mol. The zero-order chi connectivity index (χ0) is 12.4. The van der Waals surface area contributed by atoms with E-state index in [9.17, 15) is 14.4 Å². The van der Waals surface area contributed by atoms with E-state index < -0.39 is 18.1 Å². The fourth-order valence-corrected chi connectivity index (χ4v) is 1.99. The minimum atomic E-state index is -1.01. The highest BCUT2D eigenvalue weighted by molar-refractivity contribution is 5.92. The van der Waals surface area contributed by atoms with Crippen LogP contribution < -0.4 is 10.6 Å². The van der Waals surface area contributed by atoms with Crippen molar-refractivity contribution >= 4 is 17.8 Å². The molecule has 17 heavy (non-hydrogen) atoms. The van der Waals surface area contributed by atoms with Crippen LogP contribution >= 0.6 is 0 Å². The second kappa shape index (κ2) is 4.73. The van der Waals surface area contributed by atoms with Crippen LogP contribution in [0.25, 0.3) is 0 Å². The molecule has 3 N–H and O–H groups in total. The van der Waals surface area contributed by atoms with Crippen LogP contribution in [0.5, 0.6) is 0 Å². The Hall–Kier alpha value is -1.59. The number of rotatable bonds is 5. The van der Waals surface area contributed by atoms with Crippen molar-refractivity contribution in [2.45, 2.75) is 44.2 Å². The Morgan fingerprint density at radius 1 is 1.41 bits per heavy atom. The molecule has 0 bridgehead atoms. The molecule has 0 aromatic heterocycles. The quantitative estimate of drug-likeness (QED) is 0.611. The highest BCUT2D eigenvalue weighted by Gasteiger charge is 2.33. The standard InChI is InChI=1S/C11H16N2O4/c14-9-4-3-7(12-9)10(15)13-8(11(16)17)5-6-1-2-6/h6-8H,1-5H2,(H,12,14)(H,13,15)(H,16,17)/t7-,8-/m0/s1. The molecule has 6 nitrogen and oxygen atoms in total. The number of aliphatic carboxylic acids is 1. The van der Waals surface area contributed by atoms with E-state index in [1.165, 1.54) is 0 Å². The highest BCUT2D eigenvalue weighted by atomic mass is 16.4. The molecule has 1 aliphatic carbocycles. The minimum Gasteiger partial charge on any atom is -0.480 e. The lowest BCUT2D eigenvalue weighted by molar-refractivity contribution is -0.142. The van der Waals surface area contributed by atoms with Crippen molar-refractivity contribution in [1.82, 2.24) is 10.6 Å². The summed E-state index contributed by atoms with van der Waals surface area (Å²) in [5.74, 6) is -1.12. The number of amides is 2. The van der Waals surface area contributed by atoms with E-state index in [2.05, 4.69) is 10.6 Å². The Morgan fingerprint density at radius 2 is 2.12 bits per heavy atom. The first kappa shape index (κ1) is 11.9. The molecular formula is C11H16N2O4. The molecule has 0 aromatic carbocycles. The van der Waals surface area contributed by atoms with Gasteiger partial charge in [-0.1, -0.05) is 12.8 Å². The van der Waals surface area contributed by atoms with Crippen molar-refractivity contribution < 1.29 is 19.5 Å². The van der Waals surface area contributed by atoms with Crippen molar-refractivity contribution in [2.75, 3.05) is 0 Å². The van der Waals surface area contributed by atoms with Crippen LogP contribution in [0, 0.1) is 5.92 Å². The number of carbonyl (C=O) groups is 3. The van der Waals surface area contributed by atoms with Gasteiger partial charge in [-0.3, -0.25) is 9.59 Å². The van der Waals surface area contributed by atoms with Gasteiger partial charge in [-0.2, -0.15) is 0 Å². The molecule has 1 heterocycles. The molecule has 0 radical (unpaired) electrons. The Morgan fingerprint density at radius 3 is 2.59 bits per heavy atom. The van der Waals surface area contributed by atoms with E-state index in [1.54, 1.807) is 0 Å². The molecule has 0 aromatic rings. The van der Waals surface area contributed by atoms with Gasteiger partial charge in [0.25, 0.3) is 0 Å². The Labute approximate surface area is 98.8 Å². The predicted molar refractivity (Wildman–Crippen MR) is 58.1 cm³/mol. The predicted octanol–water partition coefficient (Wildman–Crippen LogP) is -0.365. The van der Waals surface area contributed by atoms with Crippen molar-refractivity contribution in [1.29, 1.82) is 0 Å². The molecule has 94 valence electrons. The van der Waals surface area contributed by atoms with Crippen molar-refractivity contribution in [3.8, 4) is 0 Å². The first-order valence-electron chi connectivity index (χ1n) is 5.89. The van der Waals surface area contributed by atoms with Crippen LogP contribution in [0.3, 0.4) is 0 Å². The lowest BCUT2D eigenvalue weighted by atomic mass is 10.1. The van der Waals surface area contributed by atoms with Crippen molar-refractivity contribution in [3.63, 3.8) is 0 Å². The largest absolute Gasteiger partial charge is 0.480 e. The van der Waals surface area contributed by atoms with Crippen molar-refractivity contribution in [2.24, 2.45) is 5.92 Å². The van der Waals surface area contributed by atoms with E-state index in [-0.39, 0.29) is 11.8 Å². The molecule has 1 aliphatic heterocycles. The Balaban J connectivity index is 1.85. The topological polar surface area (TPSA) is 95.5 Å². The summed E-state index contributed by atoms with van der Waals surface area (Å²) in [6, 6.07) is -1.39. The van der Waals surface area contributed by atoms with Gasteiger partial charge in [0.05, 0.1) is 0 Å². The van der Waals surface area contributed by atoms with Gasteiger partial charge in [-0.15, -0.1) is 0 Å². The van der Waals surface area contributed by atoms with Gasteiger partial charge in [0.2, 0.25) is 11.8 Å². The molecule has 2 atom stereocenters. The lowest BCUT2D eigenvalue weighted by Gasteiger charge is -2.17. The molecule has 0 unspecified atom stereocenters. The van der Waals surface area contributed by atoms with E-state index in [1.807, 2.05) is 0 Å². The molecule has 6 heteroatoms. The summed E-state index contributed by atoms with van der Waals surface area (Å²) in [5, 5.41) is 14.0. The monoisotopic (exact) mass is 240 g/mol. The molecule has 2 aliphatic rings. The minimum absolute atomic E-state index is 0.154. The van der Waals surface area contributed by atoms with E-state index in [0.29, 0.717) is 25.2 Å². The van der Waals surface area contributed by atoms with Crippen LogP contribution in [0.15, 0.2) is 0 Å². The lowest BCUT2D eigenvalue weighted by Crippen LogP contribution is -2.48. The third kappa shape index (κ3) is 3.18. The van der Waals surface area contributed by atoms with Crippen LogP contribution in [0.2, 0.25) is 0 Å². The Bertz CT molecular complexity index is 351. The maximum absolute atomic E-state index is 11.7. The van der Waals surface area contributed by atoms with Crippen LogP contribution in [-0.2, 0) is 14.4 Å². The molecule has 2 amide bonds. The van der Waals surface area contributed by atoms with Crippen LogP contribution in [0.4, 0.5) is 0 Å². The van der Waals surface area contributed by atoms with Gasteiger partial charge in [-0.05, 0) is 18.8 Å². The SMILES string of the molecule is O=C1CC[C@@H](C(=O)N[C@@H](CC2CC2)C(=O)O)N1. The number of nitrogens with one attached hydrogen (secondary N) is 2. The second-order valence-corrected chi connectivity index (χ2v) is 4.74. The first-order chi connectivity index (χ1) is 8.06. The Kier molecular flexibility index (Phi) is 3.31. The maximum Gasteiger partial charge on any atom is 0.326 e. The van der Waals surface area contributed by atoms with Crippen LogP contribution in [0.1, 0.15) is 32.1 Å². The zero-order valence-corrected chi connectivity index (χ0v) is 9.44. The molecule has 0 spiro atoms. The summed E-state index contributed by atoms with van der Waals surface area (Å²) in [4.78, 5) is 33.7. The van der Waals surface area contributed by atoms with Gasteiger partial charge in [0.1, 0.15) is 12.1 Å². The summed E-state index contributed by atoms with van der Waals surface area (Å²) in [7, 11) is 0. The van der Waals surface area contributed by atoms with E-state index in [4.69, 9.17) is 5.11 Å². The normalized spacial score (nSPS) is 25.2. The highest BCUT2D eigenvalue weighted by Crippen LogP contribution is 2.33. The molecule has 1 saturated carbocycles. The molecule has 1 saturated heterocycles. The maximum atomic E-state index is 11.7. The summed E-state index contributed by atoms with van der Waals surface area (Å²) in [6.07, 6.45) is 3.35. The average Bonchev–Trinajstić information content (AvgIpc) is 2.97. The van der Waals surface area contributed by atoms with Gasteiger partial charge in [0, 0.05) is 6.42 Å². The fourth-order valence-electron chi connectivity index (χ4n) is 1.99. The number of carboxylic acids is 1. The summed E-state index contributed by atoms with van der Waals surface area (Å²) in [5.41, 5.74) is 0. The number of carbonyl (C=O) groups excluding carboxylic acids is 2. The third-order valence-corrected chi connectivity index (χ3v) is 3.19. The van der Waals surface area contributed by atoms with Gasteiger partial charge in [-0.25, -0.2) is 4.79 Å². The van der Waals surface area contributed by atoms with E-state index in [0.717, 1.165) is 12.8 Å².